The molecule has 2 rings (SSSR count). The summed E-state index contributed by atoms with van der Waals surface area (Å²) in [5.74, 6) is -1.85. The van der Waals surface area contributed by atoms with Gasteiger partial charge >= 0.3 is 5.97 Å². The molecule has 0 spiro atoms. The summed E-state index contributed by atoms with van der Waals surface area (Å²) in [6, 6.07) is 3.91. The van der Waals surface area contributed by atoms with Gasteiger partial charge in [-0.2, -0.15) is 0 Å². The average molecular weight is 315 g/mol. The van der Waals surface area contributed by atoms with Crippen LogP contribution in [0.1, 0.15) is 0 Å². The fourth-order valence-corrected chi connectivity index (χ4v) is 3.66. The van der Waals surface area contributed by atoms with Crippen LogP contribution in [0, 0.1) is 10.1 Å². The van der Waals surface area contributed by atoms with Crippen LogP contribution in [-0.4, -0.2) is 48.5 Å². The number of hydrogen-bond donors (Lipinski definition) is 2. The standard InChI is InChI=1S/C11H13N3O6S/c12-7-1-2-8(14(17)18)9(5-7)13-3-4-21(19,20)10(6-13)11(15)16/h1-2,5,10H,3-4,6,12H2,(H,15,16). The first-order chi connectivity index (χ1) is 9.72. The molecule has 1 aliphatic heterocycles. The lowest BCUT2D eigenvalue weighted by molar-refractivity contribution is -0.384. The summed E-state index contributed by atoms with van der Waals surface area (Å²) in [5.41, 5.74) is 5.76. The minimum absolute atomic E-state index is 0.0175. The van der Waals surface area contributed by atoms with Crippen molar-refractivity contribution in [1.29, 1.82) is 0 Å². The molecule has 1 saturated heterocycles. The van der Waals surface area contributed by atoms with Crippen LogP contribution in [0.15, 0.2) is 18.2 Å². The predicted molar refractivity (Wildman–Crippen MR) is 74.9 cm³/mol. The zero-order valence-electron chi connectivity index (χ0n) is 10.8. The van der Waals surface area contributed by atoms with E-state index in [1.807, 2.05) is 0 Å². The molecule has 1 atom stereocenters. The summed E-state index contributed by atoms with van der Waals surface area (Å²) < 4.78 is 23.4. The molecule has 1 aromatic carbocycles. The number of nitrogen functional groups attached to an aromatic ring is 1. The summed E-state index contributed by atoms with van der Waals surface area (Å²) in [6.07, 6.45) is 0. The van der Waals surface area contributed by atoms with Crippen LogP contribution in [0.4, 0.5) is 17.1 Å². The van der Waals surface area contributed by atoms with Gasteiger partial charge in [0.2, 0.25) is 0 Å². The van der Waals surface area contributed by atoms with Gasteiger partial charge in [0.05, 0.1) is 10.7 Å². The quantitative estimate of drug-likeness (QED) is 0.445. The van der Waals surface area contributed by atoms with Gasteiger partial charge in [0.1, 0.15) is 5.69 Å². The topological polar surface area (TPSA) is 144 Å². The van der Waals surface area contributed by atoms with E-state index in [2.05, 4.69) is 0 Å². The highest BCUT2D eigenvalue weighted by Crippen LogP contribution is 2.32. The van der Waals surface area contributed by atoms with Gasteiger partial charge in [0.15, 0.2) is 15.1 Å². The van der Waals surface area contributed by atoms with Crippen LogP contribution < -0.4 is 10.6 Å². The van der Waals surface area contributed by atoms with E-state index in [0.717, 1.165) is 0 Å². The molecule has 9 nitrogen and oxygen atoms in total. The molecule has 1 aromatic rings. The number of hydrogen-bond acceptors (Lipinski definition) is 7. The Labute approximate surface area is 120 Å². The third-order valence-electron chi connectivity index (χ3n) is 3.28. The number of nitrogens with zero attached hydrogens (tertiary/aromatic N) is 2. The van der Waals surface area contributed by atoms with Gasteiger partial charge in [-0.05, 0) is 12.1 Å². The third-order valence-corrected chi connectivity index (χ3v) is 5.25. The Bertz CT molecular complexity index is 702. The van der Waals surface area contributed by atoms with Crippen LogP contribution in [-0.2, 0) is 14.6 Å². The van der Waals surface area contributed by atoms with E-state index >= 15 is 0 Å². The second-order valence-corrected chi connectivity index (χ2v) is 6.95. The summed E-state index contributed by atoms with van der Waals surface area (Å²) in [6.45, 7) is -0.363. The van der Waals surface area contributed by atoms with Crippen LogP contribution in [0.2, 0.25) is 0 Å². The lowest BCUT2D eigenvalue weighted by Gasteiger charge is -2.32. The molecule has 3 N–H and O–H groups in total. The van der Waals surface area contributed by atoms with Gasteiger partial charge in [-0.3, -0.25) is 14.9 Å². The van der Waals surface area contributed by atoms with Gasteiger partial charge in [-0.15, -0.1) is 0 Å². The molecule has 1 aliphatic rings. The molecule has 1 unspecified atom stereocenters. The van der Waals surface area contributed by atoms with Crippen molar-refractivity contribution in [3.05, 3.63) is 28.3 Å². The lowest BCUT2D eigenvalue weighted by Crippen LogP contribution is -2.50. The number of rotatable bonds is 3. The average Bonchev–Trinajstić information content (AvgIpc) is 2.37. The summed E-state index contributed by atoms with van der Waals surface area (Å²) >= 11 is 0. The van der Waals surface area contributed by atoms with Crippen molar-refractivity contribution in [3.8, 4) is 0 Å². The number of anilines is 2. The normalized spacial score (nSPS) is 21.0. The van der Waals surface area contributed by atoms with E-state index in [1.54, 1.807) is 0 Å². The highest BCUT2D eigenvalue weighted by Gasteiger charge is 2.39. The van der Waals surface area contributed by atoms with Crippen molar-refractivity contribution in [1.82, 2.24) is 0 Å². The van der Waals surface area contributed by atoms with E-state index in [-0.39, 0.29) is 35.9 Å². The molecular weight excluding hydrogens is 302 g/mol. The van der Waals surface area contributed by atoms with Crippen molar-refractivity contribution in [2.24, 2.45) is 0 Å². The van der Waals surface area contributed by atoms with Gasteiger partial charge in [0, 0.05) is 24.8 Å². The summed E-state index contributed by atoms with van der Waals surface area (Å²) in [4.78, 5) is 22.8. The fraction of sp³-hybridized carbons (Fsp3) is 0.364. The second-order valence-electron chi connectivity index (χ2n) is 4.65. The smallest absolute Gasteiger partial charge is 0.323 e. The van der Waals surface area contributed by atoms with Crippen molar-refractivity contribution in [2.45, 2.75) is 5.25 Å². The van der Waals surface area contributed by atoms with Crippen LogP contribution in [0.5, 0.6) is 0 Å². The maximum atomic E-state index is 11.7. The molecule has 0 bridgehead atoms. The van der Waals surface area contributed by atoms with Gasteiger partial charge in [-0.25, -0.2) is 8.42 Å². The predicted octanol–water partition coefficient (Wildman–Crippen LogP) is -0.135. The number of nitrogens with two attached hydrogens (primary N) is 1. The number of nitro benzene ring substituents is 1. The lowest BCUT2D eigenvalue weighted by atomic mass is 10.2. The maximum Gasteiger partial charge on any atom is 0.323 e. The summed E-state index contributed by atoms with van der Waals surface area (Å²) in [5, 5.41) is 18.4. The molecule has 10 heteroatoms. The van der Waals surface area contributed by atoms with Crippen LogP contribution >= 0.6 is 0 Å². The first kappa shape index (κ1) is 15.0. The minimum atomic E-state index is -3.75. The number of nitro groups is 1. The van der Waals surface area contributed by atoms with Crippen LogP contribution in [0.3, 0.4) is 0 Å². The second kappa shape index (κ2) is 5.20. The Balaban J connectivity index is 2.42. The molecule has 114 valence electrons. The van der Waals surface area contributed by atoms with Crippen LogP contribution in [0.25, 0.3) is 0 Å². The number of sulfone groups is 1. The number of carbonyl (C=O) groups is 1. The molecule has 0 saturated carbocycles. The minimum Gasteiger partial charge on any atom is -0.480 e. The van der Waals surface area contributed by atoms with Gasteiger partial charge in [-0.1, -0.05) is 0 Å². The zero-order chi connectivity index (χ0) is 15.8. The number of aliphatic carboxylic acids is 1. The largest absolute Gasteiger partial charge is 0.480 e. The maximum absolute atomic E-state index is 11.7. The highest BCUT2D eigenvalue weighted by molar-refractivity contribution is 7.92. The number of benzene rings is 1. The van der Waals surface area contributed by atoms with E-state index in [4.69, 9.17) is 10.8 Å². The first-order valence-electron chi connectivity index (χ1n) is 5.95. The molecule has 0 aromatic heterocycles. The monoisotopic (exact) mass is 315 g/mol. The van der Waals surface area contributed by atoms with Gasteiger partial charge in [0.25, 0.3) is 5.69 Å². The Kier molecular flexibility index (Phi) is 3.73. The molecule has 21 heavy (non-hydrogen) atoms. The highest BCUT2D eigenvalue weighted by atomic mass is 32.2. The van der Waals surface area contributed by atoms with E-state index in [0.29, 0.717) is 0 Å². The number of carboxylic acids is 1. The molecule has 1 heterocycles. The molecule has 0 amide bonds. The van der Waals surface area contributed by atoms with Crippen molar-refractivity contribution < 1.29 is 23.2 Å². The van der Waals surface area contributed by atoms with E-state index in [1.165, 1.54) is 23.1 Å². The molecule has 0 radical (unpaired) electrons. The van der Waals surface area contributed by atoms with E-state index < -0.39 is 26.0 Å². The first-order valence-corrected chi connectivity index (χ1v) is 7.67. The Morgan fingerprint density at radius 3 is 2.71 bits per heavy atom. The molecule has 1 fully saturated rings. The van der Waals surface area contributed by atoms with Crippen molar-refractivity contribution in [3.63, 3.8) is 0 Å². The molecule has 0 aliphatic carbocycles. The fourth-order valence-electron chi connectivity index (χ4n) is 2.18. The Morgan fingerprint density at radius 1 is 1.48 bits per heavy atom. The molecular formula is C11H13N3O6S. The summed E-state index contributed by atoms with van der Waals surface area (Å²) in [7, 11) is -3.75. The van der Waals surface area contributed by atoms with Gasteiger partial charge < -0.3 is 15.7 Å². The van der Waals surface area contributed by atoms with E-state index in [9.17, 15) is 23.3 Å². The Hall–Kier alpha value is -2.36. The third kappa shape index (κ3) is 2.89. The van der Waals surface area contributed by atoms with Crippen molar-refractivity contribution in [2.75, 3.05) is 29.5 Å². The van der Waals surface area contributed by atoms with Crippen molar-refractivity contribution >= 4 is 32.9 Å². The number of carboxylic acid groups (broad SMARTS) is 1. The zero-order valence-corrected chi connectivity index (χ0v) is 11.6. The SMILES string of the molecule is Nc1ccc([N+](=O)[O-])c(N2CCS(=O)(=O)C(C(=O)O)C2)c1. The Morgan fingerprint density at radius 2 is 2.14 bits per heavy atom.